The van der Waals surface area contributed by atoms with Crippen molar-refractivity contribution >= 4 is 11.7 Å². The SMILES string of the molecule is CC(C)c1ccccc1NC(=O)N1CCCN(C)CC1. The van der Waals surface area contributed by atoms with Gasteiger partial charge in [0.2, 0.25) is 0 Å². The molecule has 1 aromatic rings. The molecule has 0 unspecified atom stereocenters. The van der Waals surface area contributed by atoms with Crippen LogP contribution in [-0.4, -0.2) is 49.1 Å². The van der Waals surface area contributed by atoms with E-state index in [-0.39, 0.29) is 6.03 Å². The Morgan fingerprint density at radius 3 is 2.65 bits per heavy atom. The highest BCUT2D eigenvalue weighted by atomic mass is 16.2. The monoisotopic (exact) mass is 275 g/mol. The first-order valence-electron chi connectivity index (χ1n) is 7.41. The molecule has 20 heavy (non-hydrogen) atoms. The number of urea groups is 1. The van der Waals surface area contributed by atoms with Crippen LogP contribution >= 0.6 is 0 Å². The summed E-state index contributed by atoms with van der Waals surface area (Å²) in [5.74, 6) is 0.404. The summed E-state index contributed by atoms with van der Waals surface area (Å²) in [7, 11) is 2.11. The third kappa shape index (κ3) is 3.73. The fourth-order valence-corrected chi connectivity index (χ4v) is 2.56. The Labute approximate surface area is 121 Å². The maximum Gasteiger partial charge on any atom is 0.321 e. The van der Waals surface area contributed by atoms with Gasteiger partial charge in [-0.05, 0) is 37.6 Å². The summed E-state index contributed by atoms with van der Waals surface area (Å²) in [6.07, 6.45) is 1.04. The summed E-state index contributed by atoms with van der Waals surface area (Å²) >= 11 is 0. The van der Waals surface area contributed by atoms with Crippen molar-refractivity contribution in [1.82, 2.24) is 9.80 Å². The summed E-state index contributed by atoms with van der Waals surface area (Å²) in [6.45, 7) is 7.93. The summed E-state index contributed by atoms with van der Waals surface area (Å²) in [5, 5.41) is 3.07. The van der Waals surface area contributed by atoms with Crippen molar-refractivity contribution in [2.75, 3.05) is 38.5 Å². The molecule has 0 bridgehead atoms. The number of rotatable bonds is 2. The van der Waals surface area contributed by atoms with Crippen molar-refractivity contribution < 1.29 is 4.79 Å². The number of carbonyl (C=O) groups is 1. The number of nitrogens with zero attached hydrogens (tertiary/aromatic N) is 2. The van der Waals surface area contributed by atoms with Gasteiger partial charge in [0.25, 0.3) is 0 Å². The highest BCUT2D eigenvalue weighted by molar-refractivity contribution is 5.90. The molecule has 0 saturated carbocycles. The minimum absolute atomic E-state index is 0.0217. The minimum atomic E-state index is 0.0217. The molecule has 2 amide bonds. The molecule has 4 heteroatoms. The Bertz CT molecular complexity index is 459. The second kappa shape index (κ2) is 6.75. The van der Waals surface area contributed by atoms with E-state index in [2.05, 4.69) is 37.2 Å². The summed E-state index contributed by atoms with van der Waals surface area (Å²) in [5.41, 5.74) is 2.12. The smallest absolute Gasteiger partial charge is 0.321 e. The first-order valence-corrected chi connectivity index (χ1v) is 7.41. The van der Waals surface area contributed by atoms with Gasteiger partial charge in [0.05, 0.1) is 0 Å². The standard InChI is InChI=1S/C16H25N3O/c1-13(2)14-7-4-5-8-15(14)17-16(20)19-10-6-9-18(3)11-12-19/h4-5,7-8,13H,6,9-12H2,1-3H3,(H,17,20). The van der Waals surface area contributed by atoms with E-state index < -0.39 is 0 Å². The number of hydrogen-bond acceptors (Lipinski definition) is 2. The minimum Gasteiger partial charge on any atom is -0.323 e. The third-order valence-electron chi connectivity index (χ3n) is 3.83. The van der Waals surface area contributed by atoms with E-state index in [1.165, 1.54) is 5.56 Å². The second-order valence-electron chi connectivity index (χ2n) is 5.82. The number of nitrogens with one attached hydrogen (secondary N) is 1. The van der Waals surface area contributed by atoms with Crippen molar-refractivity contribution in [2.45, 2.75) is 26.2 Å². The van der Waals surface area contributed by atoms with Gasteiger partial charge in [0.1, 0.15) is 0 Å². The van der Waals surface area contributed by atoms with Crippen LogP contribution in [0.3, 0.4) is 0 Å². The van der Waals surface area contributed by atoms with Gasteiger partial charge >= 0.3 is 6.03 Å². The molecule has 0 atom stereocenters. The Balaban J connectivity index is 2.04. The molecule has 1 fully saturated rings. The second-order valence-corrected chi connectivity index (χ2v) is 5.82. The molecule has 1 saturated heterocycles. The van der Waals surface area contributed by atoms with Gasteiger partial charge < -0.3 is 15.1 Å². The molecule has 4 nitrogen and oxygen atoms in total. The number of benzene rings is 1. The van der Waals surface area contributed by atoms with Gasteiger partial charge in [0, 0.05) is 25.3 Å². The lowest BCUT2D eigenvalue weighted by Crippen LogP contribution is -2.37. The van der Waals surface area contributed by atoms with Crippen molar-refractivity contribution in [3.63, 3.8) is 0 Å². The lowest BCUT2D eigenvalue weighted by Gasteiger charge is -2.22. The quantitative estimate of drug-likeness (QED) is 0.900. The molecule has 0 aliphatic carbocycles. The molecule has 0 spiro atoms. The number of likely N-dealkylation sites (N-methyl/N-ethyl adjacent to an activating group) is 1. The van der Waals surface area contributed by atoms with Crippen LogP contribution in [0.1, 0.15) is 31.7 Å². The van der Waals surface area contributed by atoms with Crippen LogP contribution in [-0.2, 0) is 0 Å². The van der Waals surface area contributed by atoms with Gasteiger partial charge in [-0.3, -0.25) is 0 Å². The Morgan fingerprint density at radius 2 is 1.90 bits per heavy atom. The molecule has 1 N–H and O–H groups in total. The van der Waals surface area contributed by atoms with Crippen LogP contribution < -0.4 is 5.32 Å². The van der Waals surface area contributed by atoms with Gasteiger partial charge in [0.15, 0.2) is 0 Å². The molecule has 1 aromatic carbocycles. The maximum absolute atomic E-state index is 12.4. The number of carbonyl (C=O) groups excluding carboxylic acids is 1. The van der Waals surface area contributed by atoms with Gasteiger partial charge in [-0.15, -0.1) is 0 Å². The van der Waals surface area contributed by atoms with Gasteiger partial charge in [-0.1, -0.05) is 32.0 Å². The average molecular weight is 275 g/mol. The van der Waals surface area contributed by atoms with Gasteiger partial charge in [-0.25, -0.2) is 4.79 Å². The number of para-hydroxylation sites is 1. The molecule has 1 aliphatic heterocycles. The predicted molar refractivity (Wildman–Crippen MR) is 83.2 cm³/mol. The normalized spacial score (nSPS) is 17.1. The molecule has 1 heterocycles. The van der Waals surface area contributed by atoms with E-state index in [0.717, 1.165) is 38.3 Å². The van der Waals surface area contributed by atoms with E-state index in [4.69, 9.17) is 0 Å². The molecule has 2 rings (SSSR count). The third-order valence-corrected chi connectivity index (χ3v) is 3.83. The van der Waals surface area contributed by atoms with E-state index in [1.807, 2.05) is 23.1 Å². The van der Waals surface area contributed by atoms with E-state index >= 15 is 0 Å². The lowest BCUT2D eigenvalue weighted by atomic mass is 10.0. The van der Waals surface area contributed by atoms with Crippen LogP contribution in [0, 0.1) is 0 Å². The van der Waals surface area contributed by atoms with Crippen LogP contribution in [0.5, 0.6) is 0 Å². The first kappa shape index (κ1) is 14.9. The van der Waals surface area contributed by atoms with Crippen molar-refractivity contribution in [3.05, 3.63) is 29.8 Å². The molecular formula is C16H25N3O. The first-order chi connectivity index (χ1) is 9.58. The van der Waals surface area contributed by atoms with E-state index in [0.29, 0.717) is 5.92 Å². The molecule has 0 aromatic heterocycles. The lowest BCUT2D eigenvalue weighted by molar-refractivity contribution is 0.213. The summed E-state index contributed by atoms with van der Waals surface area (Å²) in [4.78, 5) is 16.6. The van der Waals surface area contributed by atoms with Crippen LogP contribution in [0.15, 0.2) is 24.3 Å². The van der Waals surface area contributed by atoms with Crippen molar-refractivity contribution in [2.24, 2.45) is 0 Å². The van der Waals surface area contributed by atoms with E-state index in [1.54, 1.807) is 0 Å². The number of hydrogen-bond donors (Lipinski definition) is 1. The van der Waals surface area contributed by atoms with Crippen LogP contribution in [0.2, 0.25) is 0 Å². The fourth-order valence-electron chi connectivity index (χ4n) is 2.56. The predicted octanol–water partition coefficient (Wildman–Crippen LogP) is 2.98. The molecule has 1 aliphatic rings. The molecular weight excluding hydrogens is 250 g/mol. The largest absolute Gasteiger partial charge is 0.323 e. The van der Waals surface area contributed by atoms with Crippen LogP contribution in [0.4, 0.5) is 10.5 Å². The Hall–Kier alpha value is -1.55. The Kier molecular flexibility index (Phi) is 5.01. The zero-order valence-corrected chi connectivity index (χ0v) is 12.7. The number of amides is 2. The summed E-state index contributed by atoms with van der Waals surface area (Å²) < 4.78 is 0. The van der Waals surface area contributed by atoms with Crippen molar-refractivity contribution in [3.8, 4) is 0 Å². The molecule has 0 radical (unpaired) electrons. The van der Waals surface area contributed by atoms with Crippen LogP contribution in [0.25, 0.3) is 0 Å². The number of anilines is 1. The molecule has 110 valence electrons. The van der Waals surface area contributed by atoms with E-state index in [9.17, 15) is 4.79 Å². The fraction of sp³-hybridized carbons (Fsp3) is 0.562. The highest BCUT2D eigenvalue weighted by Crippen LogP contribution is 2.24. The van der Waals surface area contributed by atoms with Gasteiger partial charge in [-0.2, -0.15) is 0 Å². The maximum atomic E-state index is 12.4. The zero-order valence-electron chi connectivity index (χ0n) is 12.7. The zero-order chi connectivity index (χ0) is 14.5. The van der Waals surface area contributed by atoms with Crippen molar-refractivity contribution in [1.29, 1.82) is 0 Å². The average Bonchev–Trinajstić information content (AvgIpc) is 2.64. The topological polar surface area (TPSA) is 35.6 Å². The Morgan fingerprint density at radius 1 is 1.15 bits per heavy atom. The highest BCUT2D eigenvalue weighted by Gasteiger charge is 2.18. The summed E-state index contributed by atoms with van der Waals surface area (Å²) in [6, 6.07) is 8.07.